The molecule has 0 aliphatic rings. The molecule has 0 N–H and O–H groups in total. The molecular formula is C19H22ClNO4S. The Balaban J connectivity index is 2.27. The van der Waals surface area contributed by atoms with E-state index in [0.717, 1.165) is 18.2 Å². The number of hydrogen-bond donors (Lipinski definition) is 0. The first-order chi connectivity index (χ1) is 12.2. The van der Waals surface area contributed by atoms with Gasteiger partial charge < -0.3 is 9.08 Å². The SMILES string of the molecule is CCC(C)N(Cc1cccc(OS(C)(=O)=O)c1)C(=O)c1ccc(Cl)cc1. The van der Waals surface area contributed by atoms with Crippen molar-refractivity contribution in [3.8, 4) is 5.75 Å². The lowest BCUT2D eigenvalue weighted by molar-refractivity contribution is 0.0671. The van der Waals surface area contributed by atoms with Gasteiger partial charge in [-0.15, -0.1) is 0 Å². The molecule has 1 unspecified atom stereocenters. The average molecular weight is 396 g/mol. The first-order valence-electron chi connectivity index (χ1n) is 8.24. The van der Waals surface area contributed by atoms with Crippen LogP contribution < -0.4 is 4.18 Å². The fourth-order valence-corrected chi connectivity index (χ4v) is 3.05. The molecule has 2 aromatic carbocycles. The van der Waals surface area contributed by atoms with Crippen LogP contribution in [0.1, 0.15) is 36.2 Å². The van der Waals surface area contributed by atoms with E-state index in [1.54, 1.807) is 47.4 Å². The van der Waals surface area contributed by atoms with Crippen molar-refractivity contribution in [1.82, 2.24) is 4.90 Å². The highest BCUT2D eigenvalue weighted by molar-refractivity contribution is 7.86. The molecule has 0 aromatic heterocycles. The van der Waals surface area contributed by atoms with Crippen LogP contribution in [0.4, 0.5) is 0 Å². The average Bonchev–Trinajstić information content (AvgIpc) is 2.58. The summed E-state index contributed by atoms with van der Waals surface area (Å²) >= 11 is 5.90. The molecule has 26 heavy (non-hydrogen) atoms. The first-order valence-corrected chi connectivity index (χ1v) is 10.4. The van der Waals surface area contributed by atoms with E-state index in [9.17, 15) is 13.2 Å². The maximum Gasteiger partial charge on any atom is 0.306 e. The van der Waals surface area contributed by atoms with Crippen LogP contribution in [-0.2, 0) is 16.7 Å². The Morgan fingerprint density at radius 3 is 2.42 bits per heavy atom. The molecule has 0 saturated carbocycles. The molecule has 0 bridgehead atoms. The van der Waals surface area contributed by atoms with Gasteiger partial charge in [0.05, 0.1) is 6.26 Å². The van der Waals surface area contributed by atoms with Crippen molar-refractivity contribution in [2.24, 2.45) is 0 Å². The van der Waals surface area contributed by atoms with Crippen molar-refractivity contribution in [1.29, 1.82) is 0 Å². The van der Waals surface area contributed by atoms with Gasteiger partial charge in [0.15, 0.2) is 0 Å². The third kappa shape index (κ3) is 5.75. The van der Waals surface area contributed by atoms with E-state index < -0.39 is 10.1 Å². The van der Waals surface area contributed by atoms with Crippen molar-refractivity contribution in [2.45, 2.75) is 32.9 Å². The molecule has 1 atom stereocenters. The Kier molecular flexibility index (Phi) is 6.67. The molecule has 0 fully saturated rings. The summed E-state index contributed by atoms with van der Waals surface area (Å²) in [7, 11) is -3.60. The molecule has 0 aliphatic heterocycles. The number of carbonyl (C=O) groups excluding carboxylic acids is 1. The summed E-state index contributed by atoms with van der Waals surface area (Å²) in [6, 6.07) is 13.5. The smallest absolute Gasteiger partial charge is 0.306 e. The van der Waals surface area contributed by atoms with Gasteiger partial charge in [-0.25, -0.2) is 0 Å². The van der Waals surface area contributed by atoms with Gasteiger partial charge in [-0.1, -0.05) is 30.7 Å². The summed E-state index contributed by atoms with van der Waals surface area (Å²) in [4.78, 5) is 14.7. The highest BCUT2D eigenvalue weighted by Gasteiger charge is 2.21. The van der Waals surface area contributed by atoms with Gasteiger partial charge in [-0.3, -0.25) is 4.79 Å². The largest absolute Gasteiger partial charge is 0.383 e. The van der Waals surface area contributed by atoms with Crippen LogP contribution in [0.15, 0.2) is 48.5 Å². The molecule has 2 rings (SSSR count). The molecule has 5 nitrogen and oxygen atoms in total. The van der Waals surface area contributed by atoms with E-state index in [1.165, 1.54) is 0 Å². The highest BCUT2D eigenvalue weighted by atomic mass is 35.5. The number of benzene rings is 2. The minimum Gasteiger partial charge on any atom is -0.383 e. The number of halogens is 1. The van der Waals surface area contributed by atoms with Gasteiger partial charge in [0.1, 0.15) is 5.75 Å². The fourth-order valence-electron chi connectivity index (χ4n) is 2.47. The molecule has 2 aromatic rings. The quantitative estimate of drug-likeness (QED) is 0.661. The number of carbonyl (C=O) groups is 1. The summed E-state index contributed by atoms with van der Waals surface area (Å²) < 4.78 is 27.5. The zero-order valence-corrected chi connectivity index (χ0v) is 16.5. The summed E-state index contributed by atoms with van der Waals surface area (Å²) in [6.07, 6.45) is 1.79. The molecule has 7 heteroatoms. The maximum absolute atomic E-state index is 12.9. The van der Waals surface area contributed by atoms with Crippen LogP contribution >= 0.6 is 11.6 Å². The molecule has 0 radical (unpaired) electrons. The minimum atomic E-state index is -3.60. The number of hydrogen-bond acceptors (Lipinski definition) is 4. The standard InChI is InChI=1S/C19H22ClNO4S/c1-4-14(2)21(19(22)16-8-10-17(20)11-9-16)13-15-6-5-7-18(12-15)25-26(3,23)24/h5-12,14H,4,13H2,1-3H3. The zero-order valence-electron chi connectivity index (χ0n) is 15.0. The van der Waals surface area contributed by atoms with Gasteiger partial charge in [-0.05, 0) is 55.3 Å². The van der Waals surface area contributed by atoms with Crippen molar-refractivity contribution < 1.29 is 17.4 Å². The lowest BCUT2D eigenvalue weighted by Crippen LogP contribution is -2.37. The normalized spacial score (nSPS) is 12.5. The number of amides is 1. The van der Waals surface area contributed by atoms with E-state index >= 15 is 0 Å². The maximum atomic E-state index is 12.9. The Bertz CT molecular complexity index is 865. The Hall–Kier alpha value is -2.05. The van der Waals surface area contributed by atoms with Crippen LogP contribution in [0.5, 0.6) is 5.75 Å². The van der Waals surface area contributed by atoms with Gasteiger partial charge in [0.25, 0.3) is 5.91 Å². The summed E-state index contributed by atoms with van der Waals surface area (Å²) in [6.45, 7) is 4.33. The van der Waals surface area contributed by atoms with Crippen molar-refractivity contribution in [3.63, 3.8) is 0 Å². The molecule has 0 spiro atoms. The fraction of sp³-hybridized carbons (Fsp3) is 0.316. The van der Waals surface area contributed by atoms with E-state index in [2.05, 4.69) is 0 Å². The second-order valence-corrected chi connectivity index (χ2v) is 8.14. The Morgan fingerprint density at radius 1 is 1.19 bits per heavy atom. The van der Waals surface area contributed by atoms with Crippen LogP contribution in [-0.4, -0.2) is 31.5 Å². The van der Waals surface area contributed by atoms with Crippen LogP contribution in [0, 0.1) is 0 Å². The van der Waals surface area contributed by atoms with E-state index in [-0.39, 0.29) is 17.7 Å². The van der Waals surface area contributed by atoms with E-state index in [1.807, 2.05) is 19.9 Å². The van der Waals surface area contributed by atoms with Crippen LogP contribution in [0.3, 0.4) is 0 Å². The monoisotopic (exact) mass is 395 g/mol. The Labute approximate surface area is 159 Å². The van der Waals surface area contributed by atoms with Crippen molar-refractivity contribution >= 4 is 27.6 Å². The predicted octanol–water partition coefficient (Wildman–Crippen LogP) is 4.12. The molecule has 0 aliphatic carbocycles. The van der Waals surface area contributed by atoms with Crippen molar-refractivity contribution in [2.75, 3.05) is 6.26 Å². The van der Waals surface area contributed by atoms with Crippen LogP contribution in [0.25, 0.3) is 0 Å². The first kappa shape index (κ1) is 20.3. The minimum absolute atomic E-state index is 0.0117. The zero-order chi connectivity index (χ0) is 19.3. The molecule has 0 saturated heterocycles. The number of nitrogens with zero attached hydrogens (tertiary/aromatic N) is 1. The molecular weight excluding hydrogens is 374 g/mol. The lowest BCUT2D eigenvalue weighted by Gasteiger charge is -2.29. The summed E-state index contributed by atoms with van der Waals surface area (Å²) in [5.41, 5.74) is 1.34. The second kappa shape index (κ2) is 8.56. The van der Waals surface area contributed by atoms with Gasteiger partial charge in [-0.2, -0.15) is 8.42 Å². The molecule has 1 amide bonds. The van der Waals surface area contributed by atoms with Crippen LogP contribution in [0.2, 0.25) is 5.02 Å². The molecule has 0 heterocycles. The van der Waals surface area contributed by atoms with Gasteiger partial charge in [0, 0.05) is 23.2 Å². The Morgan fingerprint density at radius 2 is 1.85 bits per heavy atom. The summed E-state index contributed by atoms with van der Waals surface area (Å²) in [5.74, 6) is 0.124. The highest BCUT2D eigenvalue weighted by Crippen LogP contribution is 2.20. The third-order valence-electron chi connectivity index (χ3n) is 3.97. The third-order valence-corrected chi connectivity index (χ3v) is 4.72. The van der Waals surface area contributed by atoms with Gasteiger partial charge >= 0.3 is 10.1 Å². The predicted molar refractivity (Wildman–Crippen MR) is 103 cm³/mol. The van der Waals surface area contributed by atoms with E-state index in [4.69, 9.17) is 15.8 Å². The lowest BCUT2D eigenvalue weighted by atomic mass is 10.1. The van der Waals surface area contributed by atoms with Crippen molar-refractivity contribution in [3.05, 3.63) is 64.7 Å². The number of rotatable bonds is 7. The summed E-state index contributed by atoms with van der Waals surface area (Å²) in [5, 5.41) is 0.572. The van der Waals surface area contributed by atoms with Gasteiger partial charge in [0.2, 0.25) is 0 Å². The molecule has 140 valence electrons. The topological polar surface area (TPSA) is 63.7 Å². The second-order valence-electron chi connectivity index (χ2n) is 6.13. The van der Waals surface area contributed by atoms with E-state index in [0.29, 0.717) is 17.1 Å².